The number of hydrogen-bond acceptors (Lipinski definition) is 2. The molecule has 0 spiro atoms. The number of nitrogens with zero attached hydrogens (tertiary/aromatic N) is 2. The Labute approximate surface area is 79.7 Å². The lowest BCUT2D eigenvalue weighted by Crippen LogP contribution is -2.07. The highest BCUT2D eigenvalue weighted by molar-refractivity contribution is 7.55. The first-order valence-electron chi connectivity index (χ1n) is 3.67. The van der Waals surface area contributed by atoms with Crippen molar-refractivity contribution < 1.29 is 4.21 Å². The van der Waals surface area contributed by atoms with Crippen molar-refractivity contribution in [2.45, 2.75) is 6.54 Å². The Bertz CT molecular complexity index is 344. The third-order valence-electron chi connectivity index (χ3n) is 1.40. The van der Waals surface area contributed by atoms with Gasteiger partial charge in [-0.1, -0.05) is 30.3 Å². The van der Waals surface area contributed by atoms with Gasteiger partial charge in [0.25, 0.3) is 0 Å². The molecule has 5 heteroatoms. The van der Waals surface area contributed by atoms with E-state index in [2.05, 4.69) is 9.36 Å². The molecule has 0 fully saturated rings. The quantitative estimate of drug-likeness (QED) is 0.562. The summed E-state index contributed by atoms with van der Waals surface area (Å²) in [6.45, 7) is 0.455. The first kappa shape index (κ1) is 9.60. The summed E-state index contributed by atoms with van der Waals surface area (Å²) >= 11 is 0.0641. The Morgan fingerprint density at radius 2 is 2.08 bits per heavy atom. The van der Waals surface area contributed by atoms with Crippen LogP contribution < -0.4 is 5.73 Å². The maximum absolute atomic E-state index is 9.94. The van der Waals surface area contributed by atoms with E-state index in [1.165, 1.54) is 0 Å². The van der Waals surface area contributed by atoms with Crippen LogP contribution in [0.5, 0.6) is 0 Å². The summed E-state index contributed by atoms with van der Waals surface area (Å²) in [7, 11) is 0. The highest BCUT2D eigenvalue weighted by Crippen LogP contribution is 1.99. The zero-order chi connectivity index (χ0) is 9.52. The summed E-state index contributed by atoms with van der Waals surface area (Å²) in [5, 5.41) is 0. The van der Waals surface area contributed by atoms with Gasteiger partial charge in [-0.3, -0.25) is 0 Å². The van der Waals surface area contributed by atoms with Gasteiger partial charge in [-0.2, -0.15) is 4.21 Å². The van der Waals surface area contributed by atoms with Crippen LogP contribution in [-0.2, 0) is 18.0 Å². The van der Waals surface area contributed by atoms with Crippen molar-refractivity contribution >= 4 is 17.4 Å². The number of guanidine groups is 1. The molecule has 68 valence electrons. The maximum atomic E-state index is 9.94. The Morgan fingerprint density at radius 1 is 1.38 bits per heavy atom. The number of benzene rings is 1. The van der Waals surface area contributed by atoms with Gasteiger partial charge in [0.05, 0.1) is 6.54 Å². The minimum absolute atomic E-state index is 0.0313. The molecule has 0 radical (unpaired) electrons. The van der Waals surface area contributed by atoms with Crippen LogP contribution in [0.4, 0.5) is 0 Å². The van der Waals surface area contributed by atoms with Crippen molar-refractivity contribution in [2.24, 2.45) is 15.1 Å². The van der Waals surface area contributed by atoms with Crippen molar-refractivity contribution in [3.63, 3.8) is 0 Å². The Morgan fingerprint density at radius 3 is 2.69 bits per heavy atom. The van der Waals surface area contributed by atoms with E-state index in [0.717, 1.165) is 5.56 Å². The molecule has 0 aliphatic heterocycles. The molecule has 0 aliphatic rings. The second-order valence-corrected chi connectivity index (χ2v) is 2.66. The fourth-order valence-electron chi connectivity index (χ4n) is 0.823. The summed E-state index contributed by atoms with van der Waals surface area (Å²) in [5.41, 5.74) is 6.33. The molecule has 1 rings (SSSR count). The lowest BCUT2D eigenvalue weighted by atomic mass is 10.2. The van der Waals surface area contributed by atoms with Crippen LogP contribution in [0.2, 0.25) is 0 Å². The predicted octanol–water partition coefficient (Wildman–Crippen LogP) is 0.898. The van der Waals surface area contributed by atoms with Crippen LogP contribution in [0.25, 0.3) is 0 Å². The minimum Gasteiger partial charge on any atom is -0.367 e. The second-order valence-electron chi connectivity index (χ2n) is 2.33. The smallest absolute Gasteiger partial charge is 0.229 e. The average Bonchev–Trinajstić information content (AvgIpc) is 2.17. The standard InChI is InChI=1S/C8H9N3OS/c9-8(11-13-12)10-6-7-4-2-1-3-5-7/h1-5H,6H2,(H2,9,10). The minimum atomic E-state index is 0.0313. The van der Waals surface area contributed by atoms with Gasteiger partial charge in [0, 0.05) is 0 Å². The van der Waals surface area contributed by atoms with Gasteiger partial charge in [-0.15, -0.1) is 4.36 Å². The lowest BCUT2D eigenvalue weighted by Gasteiger charge is -1.94. The highest BCUT2D eigenvalue weighted by atomic mass is 32.1. The summed E-state index contributed by atoms with van der Waals surface area (Å²) in [6, 6.07) is 9.62. The Hall–Kier alpha value is -1.49. The monoisotopic (exact) mass is 195 g/mol. The van der Waals surface area contributed by atoms with Gasteiger partial charge in [0.2, 0.25) is 17.4 Å². The van der Waals surface area contributed by atoms with Crippen LogP contribution in [0, 0.1) is 0 Å². The van der Waals surface area contributed by atoms with E-state index in [9.17, 15) is 4.21 Å². The van der Waals surface area contributed by atoms with Crippen molar-refractivity contribution in [1.29, 1.82) is 0 Å². The van der Waals surface area contributed by atoms with Gasteiger partial charge < -0.3 is 5.73 Å². The first-order valence-corrected chi connectivity index (χ1v) is 4.36. The van der Waals surface area contributed by atoms with Crippen LogP contribution in [-0.4, -0.2) is 10.2 Å². The normalized spacial score (nSPS) is 10.9. The fraction of sp³-hybridized carbons (Fsp3) is 0.125. The third kappa shape index (κ3) is 3.62. The zero-order valence-electron chi connectivity index (χ0n) is 6.88. The van der Waals surface area contributed by atoms with Crippen LogP contribution in [0.1, 0.15) is 5.56 Å². The summed E-state index contributed by atoms with van der Waals surface area (Å²) in [4.78, 5) is 3.89. The molecule has 0 bridgehead atoms. The highest BCUT2D eigenvalue weighted by Gasteiger charge is 1.89. The lowest BCUT2D eigenvalue weighted by molar-refractivity contribution is 0.698. The molecular formula is C8H9N3OS. The van der Waals surface area contributed by atoms with Crippen LogP contribution >= 0.6 is 0 Å². The van der Waals surface area contributed by atoms with Crippen LogP contribution in [0.3, 0.4) is 0 Å². The largest absolute Gasteiger partial charge is 0.367 e. The van der Waals surface area contributed by atoms with E-state index >= 15 is 0 Å². The Balaban J connectivity index is 2.61. The molecule has 1 aromatic carbocycles. The SMILES string of the molecule is NC(N=S=O)=NCc1ccccc1. The van der Waals surface area contributed by atoms with Gasteiger partial charge >= 0.3 is 0 Å². The molecule has 0 aliphatic carbocycles. The number of hydrogen-bond donors (Lipinski definition) is 1. The van der Waals surface area contributed by atoms with Crippen molar-refractivity contribution in [3.05, 3.63) is 35.9 Å². The van der Waals surface area contributed by atoms with Crippen molar-refractivity contribution in [3.8, 4) is 0 Å². The van der Waals surface area contributed by atoms with E-state index in [0.29, 0.717) is 6.54 Å². The molecule has 0 amide bonds. The molecule has 0 atom stereocenters. The molecule has 0 saturated heterocycles. The van der Waals surface area contributed by atoms with E-state index in [1.54, 1.807) is 0 Å². The third-order valence-corrected chi connectivity index (χ3v) is 1.66. The topological polar surface area (TPSA) is 67.8 Å². The van der Waals surface area contributed by atoms with Gasteiger partial charge in [-0.05, 0) is 5.56 Å². The number of nitrogens with two attached hydrogens (primary N) is 1. The van der Waals surface area contributed by atoms with Crippen LogP contribution in [0.15, 0.2) is 39.7 Å². The van der Waals surface area contributed by atoms with Gasteiger partial charge in [0.1, 0.15) is 0 Å². The predicted molar refractivity (Wildman–Crippen MR) is 52.3 cm³/mol. The number of aliphatic imine (C=N–C) groups is 1. The number of rotatable bonds is 2. The van der Waals surface area contributed by atoms with Crippen molar-refractivity contribution in [2.75, 3.05) is 0 Å². The molecule has 0 heterocycles. The van der Waals surface area contributed by atoms with E-state index in [1.807, 2.05) is 30.3 Å². The van der Waals surface area contributed by atoms with Crippen molar-refractivity contribution in [1.82, 2.24) is 0 Å². The zero-order valence-corrected chi connectivity index (χ0v) is 7.70. The van der Waals surface area contributed by atoms with Gasteiger partial charge in [-0.25, -0.2) is 4.99 Å². The van der Waals surface area contributed by atoms with E-state index < -0.39 is 0 Å². The molecular weight excluding hydrogens is 186 g/mol. The first-order chi connectivity index (χ1) is 6.33. The molecule has 4 nitrogen and oxygen atoms in total. The summed E-state index contributed by atoms with van der Waals surface area (Å²) < 4.78 is 13.3. The maximum Gasteiger partial charge on any atom is 0.229 e. The summed E-state index contributed by atoms with van der Waals surface area (Å²) in [5.74, 6) is 0.0313. The van der Waals surface area contributed by atoms with E-state index in [4.69, 9.17) is 5.73 Å². The Kier molecular flexibility index (Phi) is 3.84. The molecule has 0 aromatic heterocycles. The summed E-state index contributed by atoms with van der Waals surface area (Å²) in [6.07, 6.45) is 0. The average molecular weight is 195 g/mol. The molecule has 0 saturated carbocycles. The molecule has 1 aromatic rings. The molecule has 0 unspecified atom stereocenters. The van der Waals surface area contributed by atoms with Gasteiger partial charge in [0.15, 0.2) is 0 Å². The fourth-order valence-corrected chi connectivity index (χ4v) is 0.957. The van der Waals surface area contributed by atoms with E-state index in [-0.39, 0.29) is 17.4 Å². The molecule has 13 heavy (non-hydrogen) atoms. The molecule has 2 N–H and O–H groups in total. The second kappa shape index (κ2) is 5.21.